The van der Waals surface area contributed by atoms with Crippen LogP contribution in [0.4, 0.5) is 0 Å². The topological polar surface area (TPSA) is 94.1 Å². The summed E-state index contributed by atoms with van der Waals surface area (Å²) in [7, 11) is 4.12. The predicted octanol–water partition coefficient (Wildman–Crippen LogP) is 3.62. The van der Waals surface area contributed by atoms with Crippen molar-refractivity contribution < 1.29 is 23.9 Å². The highest BCUT2D eigenvalue weighted by atomic mass is 127. The average Bonchev–Trinajstić information content (AvgIpc) is 3.13. The zero-order chi connectivity index (χ0) is 21.4. The largest absolute Gasteiger partial charge is 0.468 e. The Morgan fingerprint density at radius 3 is 2.48 bits per heavy atom. The summed E-state index contributed by atoms with van der Waals surface area (Å²) in [5, 5.41) is 2.41. The molecule has 0 spiro atoms. The lowest BCUT2D eigenvalue weighted by Crippen LogP contribution is -2.48. The Morgan fingerprint density at radius 1 is 1.24 bits per heavy atom. The molecule has 1 aliphatic carbocycles. The second-order valence-corrected chi connectivity index (χ2v) is 8.99. The lowest BCUT2D eigenvalue weighted by molar-refractivity contribution is -0.152. The maximum absolute atomic E-state index is 12.9. The molecule has 1 fully saturated rings. The molecule has 1 aliphatic rings. The van der Waals surface area contributed by atoms with Gasteiger partial charge in [-0.2, -0.15) is 0 Å². The number of carbonyl (C=O) groups excluding carboxylic acids is 3. The van der Waals surface area contributed by atoms with E-state index in [0.717, 1.165) is 12.0 Å². The maximum Gasteiger partial charge on any atom is 0.328 e. The zero-order valence-corrected chi connectivity index (χ0v) is 19.6. The fourth-order valence-corrected chi connectivity index (χ4v) is 5.33. The monoisotopic (exact) mass is 532 g/mol. The Labute approximate surface area is 187 Å². The lowest BCUT2D eigenvalue weighted by atomic mass is 9.78. The van der Waals surface area contributed by atoms with Crippen LogP contribution < -0.4 is 5.32 Å². The van der Waals surface area contributed by atoms with Crippen LogP contribution in [-0.4, -0.2) is 43.8 Å². The molecule has 1 aromatic rings. The van der Waals surface area contributed by atoms with Gasteiger partial charge in [0.25, 0.3) is 0 Å². The standard InChI is InChI=1S/C20H25IN2O5S/c1-13(24)22-15(18(25)27-2)12-20(19(26)28-3)11-7-10-16(20)23-17(29-21)14-8-5-4-6-9-14/h4-6,8-9,15,17H,7,10-12H2,1-3H3,(H,22,24)/b23-16+/t15-,17?,20-/m0/s1. The number of ether oxygens (including phenoxy) is 2. The minimum atomic E-state index is -1.07. The molecule has 1 unspecified atom stereocenters. The summed E-state index contributed by atoms with van der Waals surface area (Å²) in [6.07, 6.45) is 1.93. The number of rotatable bonds is 8. The second kappa shape index (κ2) is 11.0. The van der Waals surface area contributed by atoms with Gasteiger partial charge in [0.15, 0.2) is 0 Å². The molecule has 2 rings (SSSR count). The maximum atomic E-state index is 12.9. The van der Waals surface area contributed by atoms with E-state index >= 15 is 0 Å². The van der Waals surface area contributed by atoms with Crippen LogP contribution in [0, 0.1) is 5.41 Å². The van der Waals surface area contributed by atoms with Crippen molar-refractivity contribution in [2.45, 2.75) is 44.0 Å². The van der Waals surface area contributed by atoms with E-state index in [1.54, 1.807) is 0 Å². The molecule has 1 N–H and O–H groups in total. The van der Waals surface area contributed by atoms with E-state index in [1.165, 1.54) is 30.1 Å². The molecule has 158 valence electrons. The van der Waals surface area contributed by atoms with Crippen LogP contribution in [0.3, 0.4) is 0 Å². The van der Waals surface area contributed by atoms with Crippen LogP contribution in [-0.2, 0) is 23.9 Å². The van der Waals surface area contributed by atoms with Crippen molar-refractivity contribution in [2.75, 3.05) is 14.2 Å². The fourth-order valence-electron chi connectivity index (χ4n) is 3.68. The molecule has 0 aliphatic heterocycles. The van der Waals surface area contributed by atoms with Crippen molar-refractivity contribution in [3.05, 3.63) is 35.9 Å². The number of carbonyl (C=O) groups is 3. The van der Waals surface area contributed by atoms with E-state index in [9.17, 15) is 14.4 Å². The van der Waals surface area contributed by atoms with Gasteiger partial charge >= 0.3 is 11.9 Å². The Morgan fingerprint density at radius 2 is 1.93 bits per heavy atom. The third kappa shape index (κ3) is 5.71. The van der Waals surface area contributed by atoms with Gasteiger partial charge < -0.3 is 14.8 Å². The van der Waals surface area contributed by atoms with Gasteiger partial charge in [-0.05, 0) is 52.5 Å². The summed E-state index contributed by atoms with van der Waals surface area (Å²) in [5.74, 6) is -1.42. The van der Waals surface area contributed by atoms with Crippen molar-refractivity contribution in [1.29, 1.82) is 0 Å². The number of amides is 1. The van der Waals surface area contributed by atoms with E-state index in [2.05, 4.69) is 26.5 Å². The lowest BCUT2D eigenvalue weighted by Gasteiger charge is -2.31. The van der Waals surface area contributed by atoms with Crippen molar-refractivity contribution in [3.8, 4) is 0 Å². The van der Waals surface area contributed by atoms with Crippen LogP contribution >= 0.6 is 30.1 Å². The van der Waals surface area contributed by atoms with Crippen molar-refractivity contribution in [1.82, 2.24) is 5.32 Å². The van der Waals surface area contributed by atoms with Crippen LogP contribution in [0.15, 0.2) is 35.3 Å². The first-order chi connectivity index (χ1) is 13.9. The molecule has 0 saturated heterocycles. The summed E-state index contributed by atoms with van der Waals surface area (Å²) in [5.41, 5.74) is 0.646. The van der Waals surface area contributed by atoms with Crippen molar-refractivity contribution >= 4 is 53.7 Å². The minimum absolute atomic E-state index is 0.0538. The van der Waals surface area contributed by atoms with Gasteiger partial charge in [-0.1, -0.05) is 39.3 Å². The number of benzene rings is 1. The van der Waals surface area contributed by atoms with E-state index in [-0.39, 0.29) is 17.7 Å². The first kappa shape index (κ1) is 23.7. The highest BCUT2D eigenvalue weighted by molar-refractivity contribution is 14.2. The Bertz CT molecular complexity index is 773. The number of halogens is 1. The summed E-state index contributed by atoms with van der Waals surface area (Å²) < 4.78 is 9.95. The predicted molar refractivity (Wildman–Crippen MR) is 121 cm³/mol. The number of hydrogen-bond acceptors (Lipinski definition) is 7. The number of methoxy groups -OCH3 is 2. The van der Waals surface area contributed by atoms with E-state index < -0.39 is 23.4 Å². The Kier molecular flexibility index (Phi) is 8.94. The first-order valence-electron chi connectivity index (χ1n) is 9.20. The van der Waals surface area contributed by atoms with Crippen LogP contribution in [0.1, 0.15) is 43.5 Å². The molecule has 0 bridgehead atoms. The molecule has 29 heavy (non-hydrogen) atoms. The summed E-state index contributed by atoms with van der Waals surface area (Å²) in [4.78, 5) is 41.7. The smallest absolute Gasteiger partial charge is 0.328 e. The normalized spacial score (nSPS) is 22.0. The van der Waals surface area contributed by atoms with Crippen LogP contribution in [0.5, 0.6) is 0 Å². The van der Waals surface area contributed by atoms with Gasteiger partial charge in [0, 0.05) is 12.6 Å². The molecule has 1 amide bonds. The SMILES string of the molecule is COC(=O)[C@H](C[C@@]1(C(=O)OC)CCC/C1=N\C(SI)c1ccccc1)NC(C)=O. The first-order valence-corrected chi connectivity index (χ1v) is 12.6. The number of nitrogens with one attached hydrogen (secondary N) is 1. The second-order valence-electron chi connectivity index (χ2n) is 6.84. The summed E-state index contributed by atoms with van der Waals surface area (Å²) >= 11 is 2.20. The van der Waals surface area contributed by atoms with Crippen LogP contribution in [0.2, 0.25) is 0 Å². The minimum Gasteiger partial charge on any atom is -0.468 e. The van der Waals surface area contributed by atoms with E-state index in [4.69, 9.17) is 14.5 Å². The molecule has 7 nitrogen and oxygen atoms in total. The molecule has 1 aromatic carbocycles. The van der Waals surface area contributed by atoms with Gasteiger partial charge in [0.1, 0.15) is 16.8 Å². The zero-order valence-electron chi connectivity index (χ0n) is 16.6. The quantitative estimate of drug-likeness (QED) is 0.406. The van der Waals surface area contributed by atoms with E-state index in [1.807, 2.05) is 30.3 Å². The van der Waals surface area contributed by atoms with Crippen molar-refractivity contribution in [2.24, 2.45) is 10.4 Å². The van der Waals surface area contributed by atoms with Crippen LogP contribution in [0.25, 0.3) is 0 Å². The van der Waals surface area contributed by atoms with Gasteiger partial charge in [0.2, 0.25) is 5.91 Å². The van der Waals surface area contributed by atoms with Gasteiger partial charge in [-0.15, -0.1) is 0 Å². The molecule has 0 heterocycles. The van der Waals surface area contributed by atoms with Crippen molar-refractivity contribution in [3.63, 3.8) is 0 Å². The highest BCUT2D eigenvalue weighted by Gasteiger charge is 2.50. The molecule has 0 aromatic heterocycles. The van der Waals surface area contributed by atoms with Gasteiger partial charge in [0.05, 0.1) is 14.2 Å². The molecular weight excluding hydrogens is 507 g/mol. The number of hydrogen-bond donors (Lipinski definition) is 1. The van der Waals surface area contributed by atoms with Gasteiger partial charge in [-0.3, -0.25) is 14.6 Å². The number of nitrogens with zero attached hydrogens (tertiary/aromatic N) is 1. The molecular formula is C20H25IN2O5S. The molecule has 9 heteroatoms. The number of esters is 2. The fraction of sp³-hybridized carbons (Fsp3) is 0.500. The summed E-state index contributed by atoms with van der Waals surface area (Å²) in [6, 6.07) is 8.85. The van der Waals surface area contributed by atoms with Gasteiger partial charge in [-0.25, -0.2) is 4.79 Å². The summed E-state index contributed by atoms with van der Waals surface area (Å²) in [6.45, 7) is 1.32. The van der Waals surface area contributed by atoms with E-state index in [0.29, 0.717) is 18.6 Å². The third-order valence-corrected chi connectivity index (χ3v) is 7.00. The molecule has 3 atom stereocenters. The third-order valence-electron chi connectivity index (χ3n) is 5.00. The number of aliphatic imine (C=N–C) groups is 1. The Hall–Kier alpha value is -1.62. The molecule has 0 radical (unpaired) electrons. The molecule has 1 saturated carbocycles. The highest BCUT2D eigenvalue weighted by Crippen LogP contribution is 2.44. The average molecular weight is 532 g/mol. The Balaban J connectivity index is 2.45.